The Labute approximate surface area is 150 Å². The molecular formula is C16H20ClN5OS. The van der Waals surface area contributed by atoms with E-state index in [1.807, 2.05) is 25.3 Å². The van der Waals surface area contributed by atoms with Gasteiger partial charge in [0.25, 0.3) is 5.89 Å². The minimum atomic E-state index is 0. The molecule has 8 heteroatoms. The molecule has 0 aliphatic heterocycles. The molecule has 0 radical (unpaired) electrons. The number of anilines is 1. The molecular weight excluding hydrogens is 346 g/mol. The van der Waals surface area contributed by atoms with Gasteiger partial charge in [-0.3, -0.25) is 0 Å². The van der Waals surface area contributed by atoms with Gasteiger partial charge in [-0.15, -0.1) is 23.7 Å². The third kappa shape index (κ3) is 4.77. The van der Waals surface area contributed by atoms with E-state index in [0.717, 1.165) is 42.2 Å². The van der Waals surface area contributed by atoms with Gasteiger partial charge in [-0.25, -0.2) is 4.98 Å². The number of nitrogens with two attached hydrogens (primary N) is 1. The number of rotatable bonds is 7. The third-order valence-corrected chi connectivity index (χ3v) is 4.27. The Hall–Kier alpha value is -1.96. The number of aromatic nitrogens is 3. The van der Waals surface area contributed by atoms with Crippen LogP contribution in [0.15, 0.2) is 35.0 Å². The molecule has 128 valence electrons. The first-order valence-electron chi connectivity index (χ1n) is 7.57. The van der Waals surface area contributed by atoms with E-state index in [-0.39, 0.29) is 12.4 Å². The molecule has 0 amide bonds. The summed E-state index contributed by atoms with van der Waals surface area (Å²) in [6.45, 7) is 3.71. The SMILES string of the molecule is CCc1noc(-c2ccc(CCNCc3cnc(N)s3)cc2)n1.Cl. The summed E-state index contributed by atoms with van der Waals surface area (Å²) in [5, 5.41) is 7.93. The molecule has 3 rings (SSSR count). The molecule has 0 bridgehead atoms. The number of nitrogen functional groups attached to an aromatic ring is 1. The average molecular weight is 366 g/mol. The van der Waals surface area contributed by atoms with E-state index in [0.29, 0.717) is 11.0 Å². The van der Waals surface area contributed by atoms with E-state index in [9.17, 15) is 0 Å². The molecule has 0 fully saturated rings. The van der Waals surface area contributed by atoms with Gasteiger partial charge in [0.05, 0.1) is 0 Å². The number of aryl methyl sites for hydroxylation is 1. The topological polar surface area (TPSA) is 89.9 Å². The van der Waals surface area contributed by atoms with E-state index in [1.165, 1.54) is 16.9 Å². The molecule has 1 aromatic carbocycles. The zero-order chi connectivity index (χ0) is 16.1. The highest BCUT2D eigenvalue weighted by Gasteiger charge is 2.07. The van der Waals surface area contributed by atoms with Crippen molar-refractivity contribution in [1.29, 1.82) is 0 Å². The van der Waals surface area contributed by atoms with Crippen molar-refractivity contribution < 1.29 is 4.52 Å². The molecule has 2 heterocycles. The maximum atomic E-state index is 5.61. The second kappa shape index (κ2) is 8.77. The van der Waals surface area contributed by atoms with Crippen molar-refractivity contribution in [3.05, 3.63) is 46.7 Å². The summed E-state index contributed by atoms with van der Waals surface area (Å²) in [6, 6.07) is 8.23. The average Bonchev–Trinajstić information content (AvgIpc) is 3.21. The molecule has 0 saturated carbocycles. The van der Waals surface area contributed by atoms with Gasteiger partial charge in [-0.1, -0.05) is 24.2 Å². The normalized spacial score (nSPS) is 10.5. The maximum Gasteiger partial charge on any atom is 0.257 e. The minimum absolute atomic E-state index is 0. The maximum absolute atomic E-state index is 5.61. The second-order valence-corrected chi connectivity index (χ2v) is 6.30. The second-order valence-electron chi connectivity index (χ2n) is 5.16. The van der Waals surface area contributed by atoms with Crippen LogP contribution in [-0.2, 0) is 19.4 Å². The summed E-state index contributed by atoms with van der Waals surface area (Å²) in [5.41, 5.74) is 7.83. The first-order valence-corrected chi connectivity index (χ1v) is 8.39. The van der Waals surface area contributed by atoms with Gasteiger partial charge in [0, 0.05) is 29.6 Å². The molecule has 0 aliphatic carbocycles. The van der Waals surface area contributed by atoms with Crippen LogP contribution >= 0.6 is 23.7 Å². The summed E-state index contributed by atoms with van der Waals surface area (Å²) in [5.74, 6) is 1.31. The number of halogens is 1. The lowest BCUT2D eigenvalue weighted by Crippen LogP contribution is -2.15. The lowest BCUT2D eigenvalue weighted by molar-refractivity contribution is 0.423. The Morgan fingerprint density at radius 2 is 2.04 bits per heavy atom. The summed E-state index contributed by atoms with van der Waals surface area (Å²) < 4.78 is 5.24. The Morgan fingerprint density at radius 1 is 1.25 bits per heavy atom. The van der Waals surface area contributed by atoms with Gasteiger partial charge in [0.1, 0.15) is 0 Å². The smallest absolute Gasteiger partial charge is 0.257 e. The van der Waals surface area contributed by atoms with Crippen molar-refractivity contribution in [1.82, 2.24) is 20.4 Å². The summed E-state index contributed by atoms with van der Waals surface area (Å²) in [6.07, 6.45) is 3.55. The van der Waals surface area contributed by atoms with Crippen LogP contribution in [0, 0.1) is 0 Å². The lowest BCUT2D eigenvalue weighted by atomic mass is 10.1. The Morgan fingerprint density at radius 3 is 2.67 bits per heavy atom. The fourth-order valence-electron chi connectivity index (χ4n) is 2.18. The Balaban J connectivity index is 0.00000208. The number of hydrogen-bond donors (Lipinski definition) is 2. The number of thiazole rings is 1. The van der Waals surface area contributed by atoms with Crippen LogP contribution in [0.1, 0.15) is 23.2 Å². The highest BCUT2D eigenvalue weighted by molar-refractivity contribution is 7.15. The Kier molecular flexibility index (Phi) is 6.72. The molecule has 0 saturated heterocycles. The predicted octanol–water partition coefficient (Wildman–Crippen LogP) is 3.09. The Bertz CT molecular complexity index is 756. The number of benzene rings is 1. The molecule has 0 atom stereocenters. The molecule has 0 spiro atoms. The molecule has 24 heavy (non-hydrogen) atoms. The first kappa shape index (κ1) is 18.4. The van der Waals surface area contributed by atoms with Crippen molar-refractivity contribution in [3.63, 3.8) is 0 Å². The van der Waals surface area contributed by atoms with Gasteiger partial charge >= 0.3 is 0 Å². The zero-order valence-corrected chi connectivity index (χ0v) is 15.0. The zero-order valence-electron chi connectivity index (χ0n) is 13.4. The van der Waals surface area contributed by atoms with E-state index >= 15 is 0 Å². The van der Waals surface area contributed by atoms with Gasteiger partial charge in [-0.05, 0) is 30.7 Å². The molecule has 3 N–H and O–H groups in total. The molecule has 0 unspecified atom stereocenters. The van der Waals surface area contributed by atoms with Crippen molar-refractivity contribution in [2.24, 2.45) is 0 Å². The van der Waals surface area contributed by atoms with Gasteiger partial charge in [0.15, 0.2) is 11.0 Å². The summed E-state index contributed by atoms with van der Waals surface area (Å²) in [7, 11) is 0. The lowest BCUT2D eigenvalue weighted by Gasteiger charge is -2.04. The van der Waals surface area contributed by atoms with Crippen LogP contribution in [0.4, 0.5) is 5.13 Å². The molecule has 0 aliphatic rings. The summed E-state index contributed by atoms with van der Waals surface area (Å²) in [4.78, 5) is 9.52. The fraction of sp³-hybridized carbons (Fsp3) is 0.312. The van der Waals surface area contributed by atoms with Crippen molar-refractivity contribution >= 4 is 28.9 Å². The van der Waals surface area contributed by atoms with Crippen LogP contribution in [0.25, 0.3) is 11.5 Å². The van der Waals surface area contributed by atoms with Crippen LogP contribution in [0.5, 0.6) is 0 Å². The third-order valence-electron chi connectivity index (χ3n) is 3.45. The van der Waals surface area contributed by atoms with Crippen molar-refractivity contribution in [2.75, 3.05) is 12.3 Å². The van der Waals surface area contributed by atoms with Gasteiger partial charge in [-0.2, -0.15) is 4.98 Å². The number of hydrogen-bond acceptors (Lipinski definition) is 7. The minimum Gasteiger partial charge on any atom is -0.375 e. The molecule has 2 aromatic heterocycles. The van der Waals surface area contributed by atoms with E-state index in [4.69, 9.17) is 10.3 Å². The quantitative estimate of drug-likeness (QED) is 0.625. The summed E-state index contributed by atoms with van der Waals surface area (Å²) >= 11 is 1.52. The van der Waals surface area contributed by atoms with E-state index < -0.39 is 0 Å². The number of nitrogens with zero attached hydrogens (tertiary/aromatic N) is 3. The fourth-order valence-corrected chi connectivity index (χ4v) is 2.83. The van der Waals surface area contributed by atoms with Crippen LogP contribution < -0.4 is 11.1 Å². The highest BCUT2D eigenvalue weighted by Crippen LogP contribution is 2.18. The van der Waals surface area contributed by atoms with E-state index in [1.54, 1.807) is 0 Å². The monoisotopic (exact) mass is 365 g/mol. The standard InChI is InChI=1S/C16H19N5OS.ClH/c1-2-14-20-15(22-21-14)12-5-3-11(4-6-12)7-8-18-9-13-10-19-16(17)23-13;/h3-6,10,18H,2,7-9H2,1H3,(H2,17,19);1H. The van der Waals surface area contributed by atoms with Crippen LogP contribution in [0.3, 0.4) is 0 Å². The predicted molar refractivity (Wildman–Crippen MR) is 98.3 cm³/mol. The number of nitrogens with one attached hydrogen (secondary N) is 1. The van der Waals surface area contributed by atoms with Crippen LogP contribution in [0.2, 0.25) is 0 Å². The van der Waals surface area contributed by atoms with Crippen molar-refractivity contribution in [3.8, 4) is 11.5 Å². The molecule has 6 nitrogen and oxygen atoms in total. The van der Waals surface area contributed by atoms with Crippen LogP contribution in [-0.4, -0.2) is 21.7 Å². The molecule has 3 aromatic rings. The largest absolute Gasteiger partial charge is 0.375 e. The highest BCUT2D eigenvalue weighted by atomic mass is 35.5. The van der Waals surface area contributed by atoms with Gasteiger partial charge in [0.2, 0.25) is 0 Å². The van der Waals surface area contributed by atoms with Gasteiger partial charge < -0.3 is 15.6 Å². The van der Waals surface area contributed by atoms with Crippen molar-refractivity contribution in [2.45, 2.75) is 26.3 Å². The van der Waals surface area contributed by atoms with E-state index in [2.05, 4.69) is 32.6 Å². The first-order chi connectivity index (χ1) is 11.2.